The van der Waals surface area contributed by atoms with Gasteiger partial charge in [0.15, 0.2) is 5.75 Å². The van der Waals surface area contributed by atoms with Crippen LogP contribution in [-0.4, -0.2) is 32.1 Å². The fraction of sp³-hybridized carbons (Fsp3) is 0.143. The van der Waals surface area contributed by atoms with Gasteiger partial charge in [-0.2, -0.15) is 38.7 Å². The number of hydrogen-bond donors (Lipinski definition) is 1. The molecule has 0 atom stereocenters. The van der Waals surface area contributed by atoms with Crippen LogP contribution in [0.4, 0.5) is 5.69 Å². The molecule has 0 aliphatic carbocycles. The van der Waals surface area contributed by atoms with Crippen LogP contribution < -0.4 is 33.7 Å². The summed E-state index contributed by atoms with van der Waals surface area (Å²) in [7, 11) is -1.24. The van der Waals surface area contributed by atoms with Crippen LogP contribution in [0.5, 0.6) is 5.75 Å². The van der Waals surface area contributed by atoms with Crippen molar-refractivity contribution in [3.8, 4) is 16.9 Å². The molecule has 0 aliphatic rings. The van der Waals surface area contributed by atoms with Crippen LogP contribution in [0, 0.1) is 6.07 Å². The Morgan fingerprint density at radius 2 is 1.83 bits per heavy atom. The van der Waals surface area contributed by atoms with Gasteiger partial charge < -0.3 is 4.18 Å². The monoisotopic (exact) mass is 343 g/mol. The molecule has 0 amide bonds. The van der Waals surface area contributed by atoms with Gasteiger partial charge in [0.05, 0.1) is 5.69 Å². The summed E-state index contributed by atoms with van der Waals surface area (Å²) in [5, 5.41) is 9.23. The number of hydrogen-bond acceptors (Lipinski definition) is 5. The Morgan fingerprint density at radius 1 is 1.17 bits per heavy atom. The molecular formula is C14H14N3NaO4S. The van der Waals surface area contributed by atoms with E-state index in [0.717, 1.165) is 0 Å². The van der Waals surface area contributed by atoms with E-state index in [0.29, 0.717) is 16.8 Å². The largest absolute Gasteiger partial charge is 1.00 e. The van der Waals surface area contributed by atoms with Crippen LogP contribution in [-0.2, 0) is 10.4 Å². The summed E-state index contributed by atoms with van der Waals surface area (Å²) < 4.78 is 35.6. The molecule has 0 saturated carbocycles. The average Bonchev–Trinajstić information content (AvgIpc) is 2.44. The maximum absolute atomic E-state index is 11.0. The number of benzene rings is 2. The Balaban J connectivity index is 0.00000264. The van der Waals surface area contributed by atoms with Crippen molar-refractivity contribution in [3.05, 3.63) is 48.5 Å². The summed E-state index contributed by atoms with van der Waals surface area (Å²) in [6.07, 6.45) is 0. The normalized spacial score (nSPS) is 11.1. The summed E-state index contributed by atoms with van der Waals surface area (Å²) in [6.45, 7) is 0. The zero-order valence-corrected chi connectivity index (χ0v) is 15.8. The quantitative estimate of drug-likeness (QED) is 0.269. The topological polar surface area (TPSA) is 91.6 Å². The van der Waals surface area contributed by atoms with E-state index in [-0.39, 0.29) is 35.3 Å². The van der Waals surface area contributed by atoms with Crippen molar-refractivity contribution in [3.63, 3.8) is 0 Å². The molecule has 2 rings (SSSR count). The fourth-order valence-corrected chi connectivity index (χ4v) is 2.07. The predicted octanol–water partition coefficient (Wildman–Crippen LogP) is -0.100. The standard InChI is InChI=1S/C14H14N3O4S.Na/c1-17(2)16-15-12-8-9-13(11-6-4-3-5-7-11)14(10-12)21-22(18,19)20;/h4-10H,1-2H3,(H,18,19,20);/q-1;+1. The van der Waals surface area contributed by atoms with Gasteiger partial charge in [-0.3, -0.25) is 9.56 Å². The van der Waals surface area contributed by atoms with Crippen molar-refractivity contribution < 1.29 is 46.7 Å². The fourth-order valence-electron chi connectivity index (χ4n) is 1.70. The predicted molar refractivity (Wildman–Crippen MR) is 81.1 cm³/mol. The number of rotatable bonds is 5. The second kappa shape index (κ2) is 8.42. The third-order valence-corrected chi connectivity index (χ3v) is 2.92. The third kappa shape index (κ3) is 6.28. The maximum atomic E-state index is 11.0. The van der Waals surface area contributed by atoms with E-state index < -0.39 is 10.4 Å². The molecule has 2 aromatic carbocycles. The van der Waals surface area contributed by atoms with E-state index in [1.54, 1.807) is 50.5 Å². The molecule has 2 aromatic rings. The SMILES string of the molecule is CN(C)N=Nc1ccc(-c2cc[c-]cc2)c(OS(=O)(=O)O)c1.[Na+]. The first-order valence-electron chi connectivity index (χ1n) is 6.21. The first kappa shape index (κ1) is 19.6. The van der Waals surface area contributed by atoms with E-state index in [2.05, 4.69) is 20.6 Å². The van der Waals surface area contributed by atoms with Gasteiger partial charge in [0.25, 0.3) is 0 Å². The Morgan fingerprint density at radius 3 is 2.39 bits per heavy atom. The van der Waals surface area contributed by atoms with Gasteiger partial charge in [-0.1, -0.05) is 11.3 Å². The number of nitrogens with zero attached hydrogens (tertiary/aromatic N) is 3. The first-order valence-corrected chi connectivity index (χ1v) is 7.58. The summed E-state index contributed by atoms with van der Waals surface area (Å²) in [6, 6.07) is 14.4. The molecule has 9 heteroatoms. The molecule has 23 heavy (non-hydrogen) atoms. The average molecular weight is 343 g/mol. The van der Waals surface area contributed by atoms with E-state index in [1.165, 1.54) is 11.1 Å². The smallest absolute Gasteiger partial charge is 0.361 e. The van der Waals surface area contributed by atoms with Crippen molar-refractivity contribution in [2.75, 3.05) is 14.1 Å². The van der Waals surface area contributed by atoms with Crippen LogP contribution >= 0.6 is 0 Å². The molecule has 0 saturated heterocycles. The van der Waals surface area contributed by atoms with Crippen LogP contribution in [0.15, 0.2) is 52.8 Å². The Hall–Kier alpha value is -1.45. The molecule has 0 heterocycles. The molecule has 7 nitrogen and oxygen atoms in total. The molecule has 1 N–H and O–H groups in total. The van der Waals surface area contributed by atoms with Crippen LogP contribution in [0.3, 0.4) is 0 Å². The Bertz CT molecular complexity index is 780. The molecule has 0 unspecified atom stereocenters. The van der Waals surface area contributed by atoms with Crippen LogP contribution in [0.1, 0.15) is 0 Å². The molecular weight excluding hydrogens is 329 g/mol. The molecule has 0 radical (unpaired) electrons. The van der Waals surface area contributed by atoms with Crippen molar-refractivity contribution in [2.45, 2.75) is 0 Å². The van der Waals surface area contributed by atoms with Gasteiger partial charge in [-0.05, 0) is 6.07 Å². The summed E-state index contributed by atoms with van der Waals surface area (Å²) in [5.74, 6) is -0.0380. The minimum absolute atomic E-state index is 0. The maximum Gasteiger partial charge on any atom is 1.00 e. The minimum Gasteiger partial charge on any atom is -0.361 e. The summed E-state index contributed by atoms with van der Waals surface area (Å²) >= 11 is 0. The van der Waals surface area contributed by atoms with E-state index in [4.69, 9.17) is 4.55 Å². The van der Waals surface area contributed by atoms with Gasteiger partial charge >= 0.3 is 40.0 Å². The first-order chi connectivity index (χ1) is 10.3. The van der Waals surface area contributed by atoms with E-state index >= 15 is 0 Å². The molecule has 0 bridgehead atoms. The zero-order valence-electron chi connectivity index (χ0n) is 13.0. The molecule has 0 fully saturated rings. The van der Waals surface area contributed by atoms with Gasteiger partial charge in [0.1, 0.15) is 0 Å². The molecule has 116 valence electrons. The second-order valence-corrected chi connectivity index (χ2v) is 5.54. The second-order valence-electron chi connectivity index (χ2n) is 4.52. The van der Waals surface area contributed by atoms with Gasteiger partial charge in [-0.25, -0.2) is 0 Å². The van der Waals surface area contributed by atoms with Crippen molar-refractivity contribution in [1.29, 1.82) is 0 Å². The van der Waals surface area contributed by atoms with Gasteiger partial charge in [0, 0.05) is 25.7 Å². The Kier molecular flexibility index (Phi) is 7.17. The van der Waals surface area contributed by atoms with Gasteiger partial charge in [-0.15, -0.1) is 10.7 Å². The van der Waals surface area contributed by atoms with Crippen LogP contribution in [0.25, 0.3) is 11.1 Å². The zero-order chi connectivity index (χ0) is 16.2. The van der Waals surface area contributed by atoms with Crippen molar-refractivity contribution in [1.82, 2.24) is 5.01 Å². The van der Waals surface area contributed by atoms with E-state index in [9.17, 15) is 8.42 Å². The molecule has 0 aliphatic heterocycles. The van der Waals surface area contributed by atoms with Crippen molar-refractivity contribution in [2.24, 2.45) is 10.3 Å². The van der Waals surface area contributed by atoms with Gasteiger partial charge in [0.2, 0.25) is 0 Å². The molecule has 0 spiro atoms. The van der Waals surface area contributed by atoms with E-state index in [1.807, 2.05) is 0 Å². The molecule has 0 aromatic heterocycles. The third-order valence-electron chi connectivity index (χ3n) is 2.53. The Labute approximate surface area is 157 Å². The summed E-state index contributed by atoms with van der Waals surface area (Å²) in [4.78, 5) is 0. The van der Waals surface area contributed by atoms with Crippen LogP contribution in [0.2, 0.25) is 0 Å². The minimum atomic E-state index is -4.65. The summed E-state index contributed by atoms with van der Waals surface area (Å²) in [5.41, 5.74) is 1.60. The van der Waals surface area contributed by atoms with Crippen molar-refractivity contribution >= 4 is 16.1 Å².